The lowest BCUT2D eigenvalue weighted by molar-refractivity contribution is 0.423. The maximum absolute atomic E-state index is 8.89. The molecule has 50 heavy (non-hydrogen) atoms. The number of rotatable bonds is 7. The molecule has 0 aliphatic heterocycles. The number of hydrogen-bond donors (Lipinski definition) is 9. The Balaban J connectivity index is 0.000000204. The van der Waals surface area contributed by atoms with Gasteiger partial charge in [-0.1, -0.05) is 58.4 Å². The Morgan fingerprint density at radius 2 is 0.740 bits per heavy atom. The molecule has 251 valence electrons. The maximum Gasteiger partial charge on any atom is 0.569 e. The minimum atomic E-state index is -1.76. The Bertz CT molecular complexity index is 1770. The van der Waals surface area contributed by atoms with E-state index in [2.05, 4.69) is 38.8 Å². The zero-order valence-electron chi connectivity index (χ0n) is 26.8. The van der Waals surface area contributed by atoms with Crippen LogP contribution in [-0.2, 0) is 0 Å². The third-order valence-corrected chi connectivity index (χ3v) is 7.80. The van der Waals surface area contributed by atoms with Crippen LogP contribution in [0.15, 0.2) is 138 Å². The molecule has 0 bridgehead atoms. The predicted molar refractivity (Wildman–Crippen MR) is 209 cm³/mol. The van der Waals surface area contributed by atoms with Crippen molar-refractivity contribution in [2.45, 2.75) is 0 Å². The molecule has 6 aromatic rings. The number of hydrogen-bond acceptors (Lipinski definition) is 10. The first kappa shape index (κ1) is 37.6. The number of halogens is 1. The third kappa shape index (κ3) is 11.2. The summed E-state index contributed by atoms with van der Waals surface area (Å²) in [5.41, 5.74) is 32.9. The van der Waals surface area contributed by atoms with E-state index in [9.17, 15) is 0 Å². The molecule has 0 amide bonds. The Labute approximate surface area is 300 Å². The lowest BCUT2D eigenvalue weighted by Gasteiger charge is -2.12. The second kappa shape index (κ2) is 18.0. The normalized spacial score (nSPS) is 10.1. The molecular formula is C36H35B3BrN4O6. The van der Waals surface area contributed by atoms with Crippen LogP contribution in [0.1, 0.15) is 0 Å². The monoisotopic (exact) mass is 731 g/mol. The van der Waals surface area contributed by atoms with Gasteiger partial charge in [-0.25, -0.2) is 0 Å². The largest absolute Gasteiger partial charge is 0.569 e. The van der Waals surface area contributed by atoms with E-state index in [1.807, 2.05) is 97.1 Å². The summed E-state index contributed by atoms with van der Waals surface area (Å²) in [6.07, 6.45) is 0. The molecule has 0 aliphatic rings. The second-order valence-electron chi connectivity index (χ2n) is 11.0. The molecule has 0 spiro atoms. The quantitative estimate of drug-likeness (QED) is 0.0862. The predicted octanol–water partition coefficient (Wildman–Crippen LogP) is 3.42. The van der Waals surface area contributed by atoms with Crippen molar-refractivity contribution in [2.75, 3.05) is 22.9 Å². The maximum atomic E-state index is 8.89. The third-order valence-electron chi connectivity index (χ3n) is 7.27. The van der Waals surface area contributed by atoms with E-state index in [0.29, 0.717) is 7.69 Å². The highest BCUT2D eigenvalue weighted by Crippen LogP contribution is 2.33. The molecule has 6 rings (SSSR count). The molecule has 1 radical (unpaired) electrons. The van der Waals surface area contributed by atoms with E-state index in [4.69, 9.17) is 48.1 Å². The summed E-state index contributed by atoms with van der Waals surface area (Å²) in [6.45, 7) is 0. The SMILES string of the molecule is Nc1ccc(-c2cc(-c3ccc(N)cc3)cc(-c3ccc(N)cc3)c2)cc1.Nc1ccc(Br)cc1.O[B]Oc1cc(B(O)O)cc(B(O)O)c1. The van der Waals surface area contributed by atoms with Crippen molar-refractivity contribution in [3.05, 3.63) is 138 Å². The van der Waals surface area contributed by atoms with Gasteiger partial charge in [0.15, 0.2) is 0 Å². The van der Waals surface area contributed by atoms with Crippen molar-refractivity contribution in [3.63, 3.8) is 0 Å². The molecule has 0 saturated heterocycles. The van der Waals surface area contributed by atoms with Crippen molar-refractivity contribution >= 4 is 71.5 Å². The fourth-order valence-electron chi connectivity index (χ4n) is 4.69. The van der Waals surface area contributed by atoms with Crippen LogP contribution in [0.25, 0.3) is 33.4 Å². The van der Waals surface area contributed by atoms with Gasteiger partial charge < -0.3 is 52.7 Å². The molecule has 0 fully saturated rings. The van der Waals surface area contributed by atoms with Gasteiger partial charge in [0, 0.05) is 27.2 Å². The zero-order chi connectivity index (χ0) is 36.2. The van der Waals surface area contributed by atoms with Gasteiger partial charge >= 0.3 is 21.9 Å². The van der Waals surface area contributed by atoms with Gasteiger partial charge in [0.25, 0.3) is 0 Å². The van der Waals surface area contributed by atoms with Crippen LogP contribution >= 0.6 is 15.9 Å². The topological polar surface area (TPSA) is 214 Å². The number of nitrogen functional groups attached to an aromatic ring is 4. The smallest absolute Gasteiger partial charge is 0.537 e. The van der Waals surface area contributed by atoms with Gasteiger partial charge in [0.2, 0.25) is 0 Å². The lowest BCUT2D eigenvalue weighted by atomic mass is 9.73. The Morgan fingerprint density at radius 3 is 1.00 bits per heavy atom. The average molecular weight is 732 g/mol. The fourth-order valence-corrected chi connectivity index (χ4v) is 4.95. The highest BCUT2D eigenvalue weighted by Gasteiger charge is 2.19. The lowest BCUT2D eigenvalue weighted by Crippen LogP contribution is -2.38. The molecule has 0 aromatic heterocycles. The summed E-state index contributed by atoms with van der Waals surface area (Å²) >= 11 is 3.29. The summed E-state index contributed by atoms with van der Waals surface area (Å²) in [5, 5.41) is 43.9. The first-order chi connectivity index (χ1) is 23.9. The van der Waals surface area contributed by atoms with Crippen molar-refractivity contribution in [2.24, 2.45) is 0 Å². The molecule has 0 saturated carbocycles. The van der Waals surface area contributed by atoms with Gasteiger partial charge in [-0.2, -0.15) is 0 Å². The molecule has 6 aromatic carbocycles. The molecular weight excluding hydrogens is 697 g/mol. The molecule has 0 aliphatic carbocycles. The van der Waals surface area contributed by atoms with Crippen LogP contribution in [-0.4, -0.2) is 47.0 Å². The van der Waals surface area contributed by atoms with Crippen molar-refractivity contribution in [1.82, 2.24) is 0 Å². The van der Waals surface area contributed by atoms with Gasteiger partial charge in [-0.3, -0.25) is 0 Å². The number of nitrogens with two attached hydrogens (primary N) is 4. The Hall–Kier alpha value is -5.21. The molecule has 0 heterocycles. The first-order valence-corrected chi connectivity index (χ1v) is 15.9. The summed E-state index contributed by atoms with van der Waals surface area (Å²) < 4.78 is 5.64. The minimum Gasteiger partial charge on any atom is -0.537 e. The summed E-state index contributed by atoms with van der Waals surface area (Å²) in [4.78, 5) is 0. The van der Waals surface area contributed by atoms with E-state index in [0.717, 1.165) is 60.6 Å². The molecule has 10 nitrogen and oxygen atoms in total. The van der Waals surface area contributed by atoms with Crippen LogP contribution in [0, 0.1) is 0 Å². The molecule has 0 unspecified atom stereocenters. The van der Waals surface area contributed by atoms with Crippen LogP contribution in [0.3, 0.4) is 0 Å². The van der Waals surface area contributed by atoms with E-state index < -0.39 is 14.2 Å². The molecule has 0 atom stereocenters. The summed E-state index contributed by atoms with van der Waals surface area (Å²) in [7, 11) is -3.12. The minimum absolute atomic E-state index is 0.0254. The number of anilines is 4. The second-order valence-corrected chi connectivity index (χ2v) is 11.9. The van der Waals surface area contributed by atoms with Gasteiger partial charge in [-0.05, 0) is 135 Å². The zero-order valence-corrected chi connectivity index (χ0v) is 28.4. The molecule has 14 heteroatoms. The highest BCUT2D eigenvalue weighted by molar-refractivity contribution is 9.10. The summed E-state index contributed by atoms with van der Waals surface area (Å²) in [6, 6.07) is 41.6. The highest BCUT2D eigenvalue weighted by atomic mass is 79.9. The molecule has 13 N–H and O–H groups in total. The first-order valence-electron chi connectivity index (χ1n) is 15.2. The Morgan fingerprint density at radius 1 is 0.440 bits per heavy atom. The van der Waals surface area contributed by atoms with Gasteiger partial charge in [0.1, 0.15) is 0 Å². The average Bonchev–Trinajstić information content (AvgIpc) is 3.11. The van der Waals surface area contributed by atoms with Crippen molar-refractivity contribution in [1.29, 1.82) is 0 Å². The summed E-state index contributed by atoms with van der Waals surface area (Å²) in [5.74, 6) is 0.0613. The van der Waals surface area contributed by atoms with Crippen LogP contribution in [0.4, 0.5) is 22.7 Å². The van der Waals surface area contributed by atoms with Gasteiger partial charge in [-0.15, -0.1) is 0 Å². The van der Waals surface area contributed by atoms with Crippen molar-refractivity contribution in [3.8, 4) is 39.1 Å². The van der Waals surface area contributed by atoms with Gasteiger partial charge in [0.05, 0.1) is 5.75 Å². The van der Waals surface area contributed by atoms with E-state index in [1.165, 1.54) is 18.2 Å². The fraction of sp³-hybridized carbons (Fsp3) is 0. The number of benzene rings is 6. The van der Waals surface area contributed by atoms with E-state index >= 15 is 0 Å². The van der Waals surface area contributed by atoms with E-state index in [-0.39, 0.29) is 16.7 Å². The Kier molecular flexibility index (Phi) is 13.5. The van der Waals surface area contributed by atoms with Crippen molar-refractivity contribution < 1.29 is 29.8 Å². The van der Waals surface area contributed by atoms with Crippen LogP contribution in [0.2, 0.25) is 0 Å². The van der Waals surface area contributed by atoms with Crippen LogP contribution in [0.5, 0.6) is 5.75 Å². The van der Waals surface area contributed by atoms with E-state index in [1.54, 1.807) is 0 Å². The standard InChI is InChI=1S/C24H21N3.C6H8B3O6.C6H6BrN/c25-22-7-1-16(2-8-22)19-13-20(17-3-9-23(26)10-4-17)15-21(14-19)18-5-11-24(27)12-6-18;10-7-15-6-2-4(8(11)12)1-5(3-6)9(13)14;7-5-1-3-6(8)4-2-5/h1-15H,25-27H2;1-3,10-14H;1-4H,8H2. The van der Waals surface area contributed by atoms with Crippen LogP contribution < -0.4 is 38.5 Å².